The van der Waals surface area contributed by atoms with Gasteiger partial charge in [0.05, 0.1) is 14.2 Å². The minimum absolute atomic E-state index is 0.0395. The van der Waals surface area contributed by atoms with E-state index in [4.69, 9.17) is 9.47 Å². The van der Waals surface area contributed by atoms with Crippen LogP contribution in [0.3, 0.4) is 0 Å². The molecule has 3 rings (SSSR count). The van der Waals surface area contributed by atoms with E-state index in [0.29, 0.717) is 22.4 Å². The molecule has 0 spiro atoms. The SMILES string of the molecule is COc1ccc(CCNC(=O)c2cc3nc(C)cc(C(F)(F)F)n3n2)cc1OC. The van der Waals surface area contributed by atoms with Crippen LogP contribution in [0.25, 0.3) is 5.65 Å². The predicted molar refractivity (Wildman–Crippen MR) is 98.3 cm³/mol. The molecular weight excluding hydrogens is 389 g/mol. The third kappa shape index (κ3) is 4.41. The molecule has 3 aromatic rings. The van der Waals surface area contributed by atoms with E-state index in [1.54, 1.807) is 12.1 Å². The molecule has 154 valence electrons. The molecule has 0 radical (unpaired) electrons. The van der Waals surface area contributed by atoms with Gasteiger partial charge in [-0.15, -0.1) is 0 Å². The topological polar surface area (TPSA) is 77.8 Å². The maximum Gasteiger partial charge on any atom is 0.433 e. The van der Waals surface area contributed by atoms with E-state index in [9.17, 15) is 18.0 Å². The molecule has 0 bridgehead atoms. The number of rotatable bonds is 6. The maximum absolute atomic E-state index is 13.2. The summed E-state index contributed by atoms with van der Waals surface area (Å²) in [4.78, 5) is 16.3. The van der Waals surface area contributed by atoms with Crippen LogP contribution >= 0.6 is 0 Å². The van der Waals surface area contributed by atoms with Gasteiger partial charge in [0.15, 0.2) is 22.8 Å². The Morgan fingerprint density at radius 3 is 2.52 bits per heavy atom. The van der Waals surface area contributed by atoms with E-state index < -0.39 is 17.8 Å². The number of carbonyl (C=O) groups is 1. The van der Waals surface area contributed by atoms with Gasteiger partial charge in [-0.2, -0.15) is 18.3 Å². The van der Waals surface area contributed by atoms with Gasteiger partial charge < -0.3 is 14.8 Å². The highest BCUT2D eigenvalue weighted by Gasteiger charge is 2.35. The molecule has 7 nitrogen and oxygen atoms in total. The first-order valence-corrected chi connectivity index (χ1v) is 8.66. The second-order valence-corrected chi connectivity index (χ2v) is 6.28. The Morgan fingerprint density at radius 2 is 1.86 bits per heavy atom. The number of benzene rings is 1. The van der Waals surface area contributed by atoms with Gasteiger partial charge in [0, 0.05) is 18.3 Å². The van der Waals surface area contributed by atoms with Crippen molar-refractivity contribution in [3.8, 4) is 11.5 Å². The summed E-state index contributed by atoms with van der Waals surface area (Å²) in [6, 6.07) is 7.50. The van der Waals surface area contributed by atoms with Crippen molar-refractivity contribution in [3.05, 3.63) is 53.0 Å². The van der Waals surface area contributed by atoms with E-state index in [2.05, 4.69) is 15.4 Å². The van der Waals surface area contributed by atoms with Crippen LogP contribution in [0, 0.1) is 6.92 Å². The maximum atomic E-state index is 13.2. The van der Waals surface area contributed by atoms with Crippen LogP contribution in [-0.2, 0) is 12.6 Å². The first-order valence-electron chi connectivity index (χ1n) is 8.66. The van der Waals surface area contributed by atoms with Crippen LogP contribution < -0.4 is 14.8 Å². The van der Waals surface area contributed by atoms with E-state index in [1.165, 1.54) is 27.2 Å². The molecule has 10 heteroatoms. The lowest BCUT2D eigenvalue weighted by atomic mass is 10.1. The zero-order valence-electron chi connectivity index (χ0n) is 16.0. The summed E-state index contributed by atoms with van der Waals surface area (Å²) in [6.45, 7) is 1.71. The van der Waals surface area contributed by atoms with E-state index in [0.717, 1.165) is 11.6 Å². The number of alkyl halides is 3. The van der Waals surface area contributed by atoms with Crippen molar-refractivity contribution in [1.82, 2.24) is 19.9 Å². The third-order valence-electron chi connectivity index (χ3n) is 4.23. The highest BCUT2D eigenvalue weighted by atomic mass is 19.4. The lowest BCUT2D eigenvalue weighted by Gasteiger charge is -2.10. The van der Waals surface area contributed by atoms with Crippen molar-refractivity contribution in [3.63, 3.8) is 0 Å². The Morgan fingerprint density at radius 1 is 1.14 bits per heavy atom. The smallest absolute Gasteiger partial charge is 0.433 e. The Labute approximate surface area is 164 Å². The molecule has 1 amide bonds. The first kappa shape index (κ1) is 20.4. The standard InChI is InChI=1S/C19H19F3N4O3/c1-11-8-16(19(20,21)22)26-17(24-11)10-13(25-26)18(27)23-7-6-12-4-5-14(28-2)15(9-12)29-3/h4-5,8-10H,6-7H2,1-3H3,(H,23,27). The van der Waals surface area contributed by atoms with E-state index >= 15 is 0 Å². The molecule has 0 aliphatic carbocycles. The fourth-order valence-electron chi connectivity index (χ4n) is 2.86. The lowest BCUT2D eigenvalue weighted by molar-refractivity contribution is -0.142. The number of ether oxygens (including phenoxy) is 2. The minimum atomic E-state index is -4.61. The van der Waals surface area contributed by atoms with Gasteiger partial charge >= 0.3 is 6.18 Å². The number of aromatic nitrogens is 3. The molecule has 0 saturated heterocycles. The van der Waals surface area contributed by atoms with Gasteiger partial charge in [0.25, 0.3) is 5.91 Å². The quantitative estimate of drug-likeness (QED) is 0.678. The van der Waals surface area contributed by atoms with Crippen LogP contribution in [-0.4, -0.2) is 41.3 Å². The van der Waals surface area contributed by atoms with Crippen LogP contribution in [0.5, 0.6) is 11.5 Å². The summed E-state index contributed by atoms with van der Waals surface area (Å²) in [5, 5.41) is 6.43. The van der Waals surface area contributed by atoms with E-state index in [1.807, 2.05) is 6.07 Å². The van der Waals surface area contributed by atoms with Crippen molar-refractivity contribution in [2.75, 3.05) is 20.8 Å². The van der Waals surface area contributed by atoms with Crippen LogP contribution in [0.4, 0.5) is 13.2 Å². The number of nitrogens with one attached hydrogen (secondary N) is 1. The average molecular weight is 408 g/mol. The molecular formula is C19H19F3N4O3. The molecule has 29 heavy (non-hydrogen) atoms. The Hall–Kier alpha value is -3.30. The first-order chi connectivity index (χ1) is 13.7. The molecule has 2 heterocycles. The Kier molecular flexibility index (Phi) is 5.62. The summed E-state index contributed by atoms with van der Waals surface area (Å²) >= 11 is 0. The van der Waals surface area contributed by atoms with Crippen LogP contribution in [0.15, 0.2) is 30.3 Å². The summed E-state index contributed by atoms with van der Waals surface area (Å²) in [6.07, 6.45) is -4.12. The number of nitrogens with zero attached hydrogens (tertiary/aromatic N) is 3. The number of hydrogen-bond donors (Lipinski definition) is 1. The fraction of sp³-hybridized carbons (Fsp3) is 0.316. The zero-order chi connectivity index (χ0) is 21.2. The second-order valence-electron chi connectivity index (χ2n) is 6.28. The Balaban J connectivity index is 1.72. The van der Waals surface area contributed by atoms with Gasteiger partial charge in [-0.3, -0.25) is 4.79 Å². The third-order valence-corrected chi connectivity index (χ3v) is 4.23. The molecule has 2 aromatic heterocycles. The minimum Gasteiger partial charge on any atom is -0.493 e. The monoisotopic (exact) mass is 408 g/mol. The van der Waals surface area contributed by atoms with Gasteiger partial charge in [0.1, 0.15) is 5.69 Å². The van der Waals surface area contributed by atoms with Gasteiger partial charge in [-0.25, -0.2) is 9.50 Å². The van der Waals surface area contributed by atoms with E-state index in [-0.39, 0.29) is 23.6 Å². The van der Waals surface area contributed by atoms with Crippen molar-refractivity contribution in [2.45, 2.75) is 19.5 Å². The molecule has 0 fully saturated rings. The number of amides is 1. The summed E-state index contributed by atoms with van der Waals surface area (Å²) < 4.78 is 50.7. The molecule has 0 aliphatic rings. The molecule has 1 aromatic carbocycles. The zero-order valence-corrected chi connectivity index (χ0v) is 16.0. The molecule has 0 aliphatic heterocycles. The average Bonchev–Trinajstić information content (AvgIpc) is 3.10. The molecule has 0 unspecified atom stereocenters. The number of halogens is 3. The molecule has 0 atom stereocenters. The number of carbonyl (C=O) groups excluding carboxylic acids is 1. The predicted octanol–water partition coefficient (Wildman–Crippen LogP) is 3.05. The van der Waals surface area contributed by atoms with Gasteiger partial charge in [-0.05, 0) is 37.1 Å². The molecule has 0 saturated carbocycles. The Bertz CT molecular complexity index is 1050. The van der Waals surface area contributed by atoms with Crippen molar-refractivity contribution in [1.29, 1.82) is 0 Å². The lowest BCUT2D eigenvalue weighted by Crippen LogP contribution is -2.26. The number of methoxy groups -OCH3 is 2. The van der Waals surface area contributed by atoms with Gasteiger partial charge in [0.2, 0.25) is 0 Å². The van der Waals surface area contributed by atoms with Crippen LogP contribution in [0.2, 0.25) is 0 Å². The number of fused-ring (bicyclic) bond motifs is 1. The van der Waals surface area contributed by atoms with Crippen LogP contribution in [0.1, 0.15) is 27.4 Å². The largest absolute Gasteiger partial charge is 0.493 e. The van der Waals surface area contributed by atoms with Crippen molar-refractivity contribution in [2.24, 2.45) is 0 Å². The fourth-order valence-corrected chi connectivity index (χ4v) is 2.86. The summed E-state index contributed by atoms with van der Waals surface area (Å²) in [5.74, 6) is 0.577. The normalized spacial score (nSPS) is 11.5. The van der Waals surface area contributed by atoms with Crippen molar-refractivity contribution >= 4 is 11.6 Å². The second kappa shape index (κ2) is 7.98. The summed E-state index contributed by atoms with van der Waals surface area (Å²) in [7, 11) is 3.06. The number of aryl methyl sites for hydroxylation is 1. The summed E-state index contributed by atoms with van der Waals surface area (Å²) in [5.41, 5.74) is -0.0765. The highest BCUT2D eigenvalue weighted by Crippen LogP contribution is 2.30. The highest BCUT2D eigenvalue weighted by molar-refractivity contribution is 5.93. The van der Waals surface area contributed by atoms with Crippen molar-refractivity contribution < 1.29 is 27.4 Å². The van der Waals surface area contributed by atoms with Gasteiger partial charge in [-0.1, -0.05) is 6.07 Å². The molecule has 1 N–H and O–H groups in total. The number of hydrogen-bond acceptors (Lipinski definition) is 5.